The summed E-state index contributed by atoms with van der Waals surface area (Å²) in [5.41, 5.74) is 0.223. The summed E-state index contributed by atoms with van der Waals surface area (Å²) in [5.74, 6) is 0.0720. The van der Waals surface area contributed by atoms with Gasteiger partial charge in [-0.05, 0) is 19.2 Å². The first-order chi connectivity index (χ1) is 8.22. The van der Waals surface area contributed by atoms with Gasteiger partial charge >= 0.3 is 0 Å². The third-order valence-electron chi connectivity index (χ3n) is 2.24. The maximum absolute atomic E-state index is 13.7. The lowest BCUT2D eigenvalue weighted by atomic mass is 10.2. The molecule has 0 unspecified atom stereocenters. The highest BCUT2D eigenvalue weighted by molar-refractivity contribution is 6.31. The van der Waals surface area contributed by atoms with E-state index in [1.165, 1.54) is 6.07 Å². The van der Waals surface area contributed by atoms with E-state index in [0.717, 1.165) is 6.54 Å². The van der Waals surface area contributed by atoms with E-state index < -0.39 is 5.82 Å². The van der Waals surface area contributed by atoms with E-state index in [4.69, 9.17) is 16.0 Å². The first-order valence-electron chi connectivity index (χ1n) is 5.13. The monoisotopic (exact) mass is 255 g/mol. The van der Waals surface area contributed by atoms with Crippen molar-refractivity contribution in [2.24, 2.45) is 0 Å². The van der Waals surface area contributed by atoms with Gasteiger partial charge in [0.2, 0.25) is 5.89 Å². The van der Waals surface area contributed by atoms with Crippen LogP contribution >= 0.6 is 11.6 Å². The van der Waals surface area contributed by atoms with E-state index in [2.05, 4.69) is 15.5 Å². The summed E-state index contributed by atoms with van der Waals surface area (Å²) >= 11 is 5.68. The number of nitrogens with one attached hydrogen (secondary N) is 1. The fourth-order valence-corrected chi connectivity index (χ4v) is 1.54. The van der Waals surface area contributed by atoms with Crippen LogP contribution in [0.15, 0.2) is 22.6 Å². The molecule has 0 bridgehead atoms. The van der Waals surface area contributed by atoms with Gasteiger partial charge in [0, 0.05) is 13.0 Å². The largest absolute Gasteiger partial charge is 0.421 e. The molecule has 1 aromatic carbocycles. The van der Waals surface area contributed by atoms with Gasteiger partial charge in [0.25, 0.3) is 5.89 Å². The summed E-state index contributed by atoms with van der Waals surface area (Å²) in [7, 11) is 1.83. The van der Waals surface area contributed by atoms with Gasteiger partial charge in [0.05, 0.1) is 10.6 Å². The molecule has 0 atom stereocenters. The van der Waals surface area contributed by atoms with Crippen molar-refractivity contribution in [1.29, 1.82) is 0 Å². The van der Waals surface area contributed by atoms with Crippen LogP contribution in [0.2, 0.25) is 5.02 Å². The van der Waals surface area contributed by atoms with Gasteiger partial charge in [-0.1, -0.05) is 17.7 Å². The Labute approximate surface area is 103 Å². The summed E-state index contributed by atoms with van der Waals surface area (Å²) < 4.78 is 19.0. The topological polar surface area (TPSA) is 51.0 Å². The molecule has 17 heavy (non-hydrogen) atoms. The van der Waals surface area contributed by atoms with Crippen molar-refractivity contribution < 1.29 is 8.81 Å². The summed E-state index contributed by atoms with van der Waals surface area (Å²) in [5, 5.41) is 10.6. The van der Waals surface area contributed by atoms with Crippen molar-refractivity contribution >= 4 is 11.6 Å². The molecule has 0 aliphatic heterocycles. The second-order valence-corrected chi connectivity index (χ2v) is 3.86. The predicted molar refractivity (Wildman–Crippen MR) is 62.3 cm³/mol. The van der Waals surface area contributed by atoms with Crippen molar-refractivity contribution in [2.75, 3.05) is 13.6 Å². The Morgan fingerprint density at radius 3 is 3.00 bits per heavy atom. The van der Waals surface area contributed by atoms with Crippen LogP contribution in [-0.4, -0.2) is 23.8 Å². The first-order valence-corrected chi connectivity index (χ1v) is 5.51. The molecule has 90 valence electrons. The Morgan fingerprint density at radius 1 is 1.41 bits per heavy atom. The standard InChI is InChI=1S/C11H11ClFN3O/c1-14-6-5-9-15-16-11(17-9)7-3-2-4-8(12)10(7)13/h2-4,14H,5-6H2,1H3. The predicted octanol–water partition coefficient (Wildman–Crippen LogP) is 2.29. The highest BCUT2D eigenvalue weighted by atomic mass is 35.5. The van der Waals surface area contributed by atoms with Gasteiger partial charge in [-0.2, -0.15) is 0 Å². The Kier molecular flexibility index (Phi) is 3.71. The average Bonchev–Trinajstić information content (AvgIpc) is 2.78. The average molecular weight is 256 g/mol. The molecule has 0 saturated carbocycles. The molecule has 0 spiro atoms. The molecule has 1 N–H and O–H groups in total. The highest BCUT2D eigenvalue weighted by Gasteiger charge is 2.14. The Bertz CT molecular complexity index is 515. The summed E-state index contributed by atoms with van der Waals surface area (Å²) in [6.07, 6.45) is 0.603. The van der Waals surface area contributed by atoms with E-state index in [1.807, 2.05) is 7.05 Å². The second kappa shape index (κ2) is 5.25. The lowest BCUT2D eigenvalue weighted by Gasteiger charge is -1.98. The number of rotatable bonds is 4. The molecule has 4 nitrogen and oxygen atoms in total. The Balaban J connectivity index is 2.27. The Morgan fingerprint density at radius 2 is 2.24 bits per heavy atom. The number of hydrogen-bond donors (Lipinski definition) is 1. The van der Waals surface area contributed by atoms with Gasteiger partial charge in [-0.15, -0.1) is 10.2 Å². The lowest BCUT2D eigenvalue weighted by Crippen LogP contribution is -2.10. The van der Waals surface area contributed by atoms with Gasteiger partial charge in [0.1, 0.15) is 0 Å². The zero-order chi connectivity index (χ0) is 12.3. The Hall–Kier alpha value is -1.46. The number of benzene rings is 1. The molecular weight excluding hydrogens is 245 g/mol. The fourth-order valence-electron chi connectivity index (χ4n) is 1.36. The van der Waals surface area contributed by atoms with Gasteiger partial charge in [0.15, 0.2) is 5.82 Å². The zero-order valence-corrected chi connectivity index (χ0v) is 9.96. The van der Waals surface area contributed by atoms with Crippen LogP contribution in [0.4, 0.5) is 4.39 Å². The summed E-state index contributed by atoms with van der Waals surface area (Å²) in [6, 6.07) is 4.66. The van der Waals surface area contributed by atoms with Crippen LogP contribution in [-0.2, 0) is 6.42 Å². The third kappa shape index (κ3) is 2.62. The number of halogens is 2. The molecule has 0 aliphatic rings. The van der Waals surface area contributed by atoms with Crippen LogP contribution in [0.25, 0.3) is 11.5 Å². The molecule has 2 rings (SSSR count). The summed E-state index contributed by atoms with van der Waals surface area (Å²) in [4.78, 5) is 0. The number of hydrogen-bond acceptors (Lipinski definition) is 4. The van der Waals surface area contributed by atoms with Crippen molar-refractivity contribution in [2.45, 2.75) is 6.42 Å². The smallest absolute Gasteiger partial charge is 0.250 e. The third-order valence-corrected chi connectivity index (χ3v) is 2.53. The molecule has 0 saturated heterocycles. The van der Waals surface area contributed by atoms with E-state index in [9.17, 15) is 4.39 Å². The lowest BCUT2D eigenvalue weighted by molar-refractivity contribution is 0.496. The minimum atomic E-state index is -0.544. The van der Waals surface area contributed by atoms with Crippen LogP contribution in [0.1, 0.15) is 5.89 Å². The highest BCUT2D eigenvalue weighted by Crippen LogP contribution is 2.26. The fraction of sp³-hybridized carbons (Fsp3) is 0.273. The van der Waals surface area contributed by atoms with Crippen LogP contribution in [0.5, 0.6) is 0 Å². The molecule has 0 fully saturated rings. The zero-order valence-electron chi connectivity index (χ0n) is 9.20. The van der Waals surface area contributed by atoms with Crippen molar-refractivity contribution in [1.82, 2.24) is 15.5 Å². The van der Waals surface area contributed by atoms with E-state index in [0.29, 0.717) is 12.3 Å². The van der Waals surface area contributed by atoms with Crippen molar-refractivity contribution in [3.05, 3.63) is 34.9 Å². The molecule has 1 aromatic heterocycles. The quantitative estimate of drug-likeness (QED) is 0.911. The van der Waals surface area contributed by atoms with E-state index in [-0.39, 0.29) is 16.5 Å². The maximum atomic E-state index is 13.7. The van der Waals surface area contributed by atoms with Gasteiger partial charge < -0.3 is 9.73 Å². The molecule has 0 amide bonds. The molecule has 0 aliphatic carbocycles. The molecular formula is C11H11ClFN3O. The van der Waals surface area contributed by atoms with Crippen LogP contribution < -0.4 is 5.32 Å². The van der Waals surface area contributed by atoms with E-state index >= 15 is 0 Å². The number of likely N-dealkylation sites (N-methyl/N-ethyl adjacent to an activating group) is 1. The van der Waals surface area contributed by atoms with E-state index in [1.54, 1.807) is 12.1 Å². The maximum Gasteiger partial charge on any atom is 0.250 e. The molecule has 0 radical (unpaired) electrons. The van der Waals surface area contributed by atoms with Gasteiger partial charge in [-0.25, -0.2) is 4.39 Å². The second-order valence-electron chi connectivity index (χ2n) is 3.46. The van der Waals surface area contributed by atoms with Crippen molar-refractivity contribution in [3.63, 3.8) is 0 Å². The van der Waals surface area contributed by atoms with Crippen molar-refractivity contribution in [3.8, 4) is 11.5 Å². The molecule has 2 aromatic rings. The summed E-state index contributed by atoms with van der Waals surface area (Å²) in [6.45, 7) is 0.722. The minimum absolute atomic E-state index is 0.0393. The normalized spacial score (nSPS) is 10.8. The molecule has 1 heterocycles. The van der Waals surface area contributed by atoms with Gasteiger partial charge in [-0.3, -0.25) is 0 Å². The SMILES string of the molecule is CNCCc1nnc(-c2cccc(Cl)c2F)o1. The van der Waals surface area contributed by atoms with Crippen LogP contribution in [0.3, 0.4) is 0 Å². The van der Waals surface area contributed by atoms with Crippen LogP contribution in [0, 0.1) is 5.82 Å². The minimum Gasteiger partial charge on any atom is -0.421 e. The number of aromatic nitrogens is 2. The number of nitrogens with zero attached hydrogens (tertiary/aromatic N) is 2. The molecule has 6 heteroatoms. The first kappa shape index (κ1) is 12.0.